The molecule has 1 saturated heterocycles. The van der Waals surface area contributed by atoms with Gasteiger partial charge in [0.05, 0.1) is 17.3 Å². The van der Waals surface area contributed by atoms with Gasteiger partial charge in [0, 0.05) is 43.7 Å². The van der Waals surface area contributed by atoms with Crippen LogP contribution >= 0.6 is 11.6 Å². The fourth-order valence-corrected chi connectivity index (χ4v) is 4.50. The molecular weight excluding hydrogens is 429 g/mol. The second kappa shape index (κ2) is 9.28. The Morgan fingerprint density at radius 2 is 2.12 bits per heavy atom. The number of aryl methyl sites for hydroxylation is 2. The zero-order valence-electron chi connectivity index (χ0n) is 18.5. The molecule has 0 bridgehead atoms. The van der Waals surface area contributed by atoms with Crippen molar-refractivity contribution < 1.29 is 9.18 Å². The molecule has 0 saturated carbocycles. The number of halogens is 2. The minimum absolute atomic E-state index is 0.0181. The lowest BCUT2D eigenvalue weighted by Gasteiger charge is -2.40. The van der Waals surface area contributed by atoms with Gasteiger partial charge >= 0.3 is 0 Å². The Labute approximate surface area is 192 Å². The van der Waals surface area contributed by atoms with Crippen molar-refractivity contribution in [1.29, 1.82) is 0 Å². The number of nitrogens with one attached hydrogen (secondary N) is 1. The number of benzene rings is 1. The van der Waals surface area contributed by atoms with Gasteiger partial charge in [-0.05, 0) is 43.4 Å². The molecule has 6 nitrogen and oxygen atoms in total. The van der Waals surface area contributed by atoms with E-state index in [-0.39, 0.29) is 28.7 Å². The fourth-order valence-electron chi connectivity index (χ4n) is 4.36. The summed E-state index contributed by atoms with van der Waals surface area (Å²) in [5, 5.41) is 7.60. The third-order valence-corrected chi connectivity index (χ3v) is 6.29. The lowest BCUT2D eigenvalue weighted by molar-refractivity contribution is 0.0540. The minimum atomic E-state index is -0.503. The Morgan fingerprint density at radius 1 is 1.31 bits per heavy atom. The Hall–Kier alpha value is -2.93. The highest BCUT2D eigenvalue weighted by atomic mass is 35.5. The summed E-state index contributed by atoms with van der Waals surface area (Å²) in [6.07, 6.45) is 7.04. The number of carbonyl (C=O) groups is 1. The Bertz CT molecular complexity index is 1130. The fraction of sp³-hybridized carbons (Fsp3) is 0.375. The molecule has 1 fully saturated rings. The summed E-state index contributed by atoms with van der Waals surface area (Å²) in [5.74, 6) is -0.111. The van der Waals surface area contributed by atoms with Gasteiger partial charge in [-0.25, -0.2) is 9.37 Å². The number of anilines is 1. The van der Waals surface area contributed by atoms with Gasteiger partial charge in [-0.2, -0.15) is 5.10 Å². The minimum Gasteiger partial charge on any atom is -0.366 e. The van der Waals surface area contributed by atoms with E-state index >= 15 is 0 Å². The molecule has 0 radical (unpaired) electrons. The van der Waals surface area contributed by atoms with Crippen LogP contribution in [-0.4, -0.2) is 44.7 Å². The Balaban J connectivity index is 1.62. The number of carbonyl (C=O) groups excluding carboxylic acids is 1. The average molecular weight is 456 g/mol. The maximum Gasteiger partial charge on any atom is 0.254 e. The Kier molecular flexibility index (Phi) is 6.46. The molecule has 2 atom stereocenters. The van der Waals surface area contributed by atoms with Crippen LogP contribution < -0.4 is 5.32 Å². The Morgan fingerprint density at radius 3 is 2.84 bits per heavy atom. The molecule has 8 heteroatoms. The summed E-state index contributed by atoms with van der Waals surface area (Å²) < 4.78 is 15.9. The van der Waals surface area contributed by atoms with Crippen molar-refractivity contribution in [2.24, 2.45) is 13.0 Å². The smallest absolute Gasteiger partial charge is 0.254 e. The van der Waals surface area contributed by atoms with Crippen LogP contribution in [0.4, 0.5) is 10.2 Å². The normalized spacial score (nSPS) is 18.6. The van der Waals surface area contributed by atoms with Crippen LogP contribution in [0.3, 0.4) is 0 Å². The molecule has 1 amide bonds. The molecule has 3 heterocycles. The van der Waals surface area contributed by atoms with Gasteiger partial charge < -0.3 is 10.2 Å². The first kappa shape index (κ1) is 22.3. The average Bonchev–Trinajstić information content (AvgIpc) is 3.19. The largest absolute Gasteiger partial charge is 0.366 e. The summed E-state index contributed by atoms with van der Waals surface area (Å²) in [6.45, 7) is 5.19. The van der Waals surface area contributed by atoms with E-state index < -0.39 is 5.82 Å². The molecule has 0 unspecified atom stereocenters. The number of piperidine rings is 1. The number of hydrogen-bond donors (Lipinski definition) is 1. The third-order valence-electron chi connectivity index (χ3n) is 6.08. The number of rotatable bonds is 5. The molecule has 3 aromatic rings. The second-order valence-electron chi connectivity index (χ2n) is 8.50. The SMILES string of the molecule is Cc1ccc(-c2cnn(C)c2)c(C(=O)N2CCC[C@@H](C)[C@H]2CNc2ncc(Cl)cc2F)c1. The van der Waals surface area contributed by atoms with E-state index in [1.54, 1.807) is 10.9 Å². The second-order valence-corrected chi connectivity index (χ2v) is 8.94. The highest BCUT2D eigenvalue weighted by molar-refractivity contribution is 6.30. The number of amides is 1. The number of hydrogen-bond acceptors (Lipinski definition) is 4. The molecule has 32 heavy (non-hydrogen) atoms. The van der Waals surface area contributed by atoms with E-state index in [0.29, 0.717) is 18.7 Å². The van der Waals surface area contributed by atoms with Crippen LogP contribution in [0.1, 0.15) is 35.7 Å². The summed E-state index contributed by atoms with van der Waals surface area (Å²) >= 11 is 5.81. The van der Waals surface area contributed by atoms with Crippen LogP contribution in [0.15, 0.2) is 42.9 Å². The zero-order valence-corrected chi connectivity index (χ0v) is 19.2. The summed E-state index contributed by atoms with van der Waals surface area (Å²) in [4.78, 5) is 19.8. The standard InChI is InChI=1S/C24H27ClFN5O/c1-15-6-7-19(17-11-29-30(3)14-17)20(9-15)24(32)31-8-4-5-16(2)22(31)13-28-23-21(26)10-18(25)12-27-23/h6-7,9-12,14,16,22H,4-5,8,13H2,1-3H3,(H,27,28)/t16-,22-/m1/s1. The van der Waals surface area contributed by atoms with Crippen molar-refractivity contribution in [2.45, 2.75) is 32.7 Å². The van der Waals surface area contributed by atoms with Gasteiger partial charge in [0.2, 0.25) is 0 Å². The quantitative estimate of drug-likeness (QED) is 0.592. The van der Waals surface area contributed by atoms with E-state index in [9.17, 15) is 9.18 Å². The number of aromatic nitrogens is 3. The van der Waals surface area contributed by atoms with E-state index in [2.05, 4.69) is 22.3 Å². The number of nitrogens with zero attached hydrogens (tertiary/aromatic N) is 4. The first-order valence-electron chi connectivity index (χ1n) is 10.8. The highest BCUT2D eigenvalue weighted by Gasteiger charge is 2.33. The maximum atomic E-state index is 14.2. The molecule has 1 N–H and O–H groups in total. The van der Waals surface area contributed by atoms with Crippen LogP contribution in [0.5, 0.6) is 0 Å². The number of likely N-dealkylation sites (tertiary alicyclic amines) is 1. The highest BCUT2D eigenvalue weighted by Crippen LogP contribution is 2.30. The van der Waals surface area contributed by atoms with Crippen LogP contribution in [-0.2, 0) is 7.05 Å². The summed E-state index contributed by atoms with van der Waals surface area (Å²) in [7, 11) is 1.86. The van der Waals surface area contributed by atoms with Crippen molar-refractivity contribution in [3.05, 3.63) is 64.8 Å². The zero-order chi connectivity index (χ0) is 22.8. The predicted molar refractivity (Wildman–Crippen MR) is 124 cm³/mol. The van der Waals surface area contributed by atoms with Gasteiger partial charge in [-0.3, -0.25) is 9.48 Å². The number of pyridine rings is 1. The van der Waals surface area contributed by atoms with Gasteiger partial charge in [0.25, 0.3) is 5.91 Å². The maximum absolute atomic E-state index is 14.2. The molecular formula is C24H27ClFN5O. The predicted octanol–water partition coefficient (Wildman–Crippen LogP) is 4.94. The van der Waals surface area contributed by atoms with Crippen molar-refractivity contribution >= 4 is 23.3 Å². The van der Waals surface area contributed by atoms with E-state index in [1.165, 1.54) is 12.3 Å². The topological polar surface area (TPSA) is 63.1 Å². The molecule has 0 spiro atoms. The molecule has 0 aliphatic carbocycles. The molecule has 1 aliphatic rings. The lowest BCUT2D eigenvalue weighted by atomic mass is 9.89. The van der Waals surface area contributed by atoms with Crippen LogP contribution in [0.25, 0.3) is 11.1 Å². The lowest BCUT2D eigenvalue weighted by Crippen LogP contribution is -2.51. The van der Waals surface area contributed by atoms with Gasteiger partial charge in [-0.1, -0.05) is 36.2 Å². The first-order chi connectivity index (χ1) is 15.3. The summed E-state index contributed by atoms with van der Waals surface area (Å²) in [5.41, 5.74) is 3.45. The molecule has 4 rings (SSSR count). The molecule has 1 aliphatic heterocycles. The van der Waals surface area contributed by atoms with Crippen molar-refractivity contribution in [3.8, 4) is 11.1 Å². The summed E-state index contributed by atoms with van der Waals surface area (Å²) in [6, 6.07) is 7.07. The van der Waals surface area contributed by atoms with Crippen molar-refractivity contribution in [2.75, 3.05) is 18.4 Å². The van der Waals surface area contributed by atoms with Crippen molar-refractivity contribution in [1.82, 2.24) is 19.7 Å². The monoisotopic (exact) mass is 455 g/mol. The van der Waals surface area contributed by atoms with E-state index in [1.807, 2.05) is 43.3 Å². The van der Waals surface area contributed by atoms with Gasteiger partial charge in [0.15, 0.2) is 11.6 Å². The van der Waals surface area contributed by atoms with Crippen LogP contribution in [0.2, 0.25) is 5.02 Å². The van der Waals surface area contributed by atoms with E-state index in [4.69, 9.17) is 11.6 Å². The molecule has 1 aromatic carbocycles. The van der Waals surface area contributed by atoms with Crippen LogP contribution in [0, 0.1) is 18.7 Å². The van der Waals surface area contributed by atoms with Crippen molar-refractivity contribution in [3.63, 3.8) is 0 Å². The van der Waals surface area contributed by atoms with E-state index in [0.717, 1.165) is 29.5 Å². The van der Waals surface area contributed by atoms with Gasteiger partial charge in [-0.15, -0.1) is 0 Å². The van der Waals surface area contributed by atoms with Gasteiger partial charge in [0.1, 0.15) is 0 Å². The first-order valence-corrected chi connectivity index (χ1v) is 11.2. The molecule has 2 aromatic heterocycles. The molecule has 168 valence electrons. The third kappa shape index (κ3) is 4.63.